The van der Waals surface area contributed by atoms with Crippen LogP contribution in [0.3, 0.4) is 0 Å². The Hall–Kier alpha value is -1.70. The van der Waals surface area contributed by atoms with E-state index in [0.29, 0.717) is 4.47 Å². The standard InChI is InChI=1S/C21H27BrN2O3S/c1-4-5-6-15-7-9-16(10-8-15)20(14(2)3)24-21(25)18-13-17(28(23,26)27)11-12-19(18)22/h7-14,20H,4-6H2,1-3H3,(H,24,25)(H2,23,26,27). The lowest BCUT2D eigenvalue weighted by atomic mass is 9.94. The zero-order valence-electron chi connectivity index (χ0n) is 16.4. The van der Waals surface area contributed by atoms with Crippen LogP contribution in [0.1, 0.15) is 61.1 Å². The van der Waals surface area contributed by atoms with Crippen molar-refractivity contribution in [1.82, 2.24) is 5.32 Å². The molecular weight excluding hydrogens is 440 g/mol. The van der Waals surface area contributed by atoms with E-state index < -0.39 is 10.0 Å². The summed E-state index contributed by atoms with van der Waals surface area (Å²) in [5, 5.41) is 8.22. The van der Waals surface area contributed by atoms with Crippen molar-refractivity contribution in [3.63, 3.8) is 0 Å². The molecule has 0 aliphatic heterocycles. The van der Waals surface area contributed by atoms with Crippen LogP contribution in [0.5, 0.6) is 0 Å². The first-order valence-electron chi connectivity index (χ1n) is 9.35. The molecule has 0 radical (unpaired) electrons. The van der Waals surface area contributed by atoms with Gasteiger partial charge in [0.25, 0.3) is 5.91 Å². The first-order chi connectivity index (χ1) is 13.1. The number of primary sulfonamides is 1. The van der Waals surface area contributed by atoms with Gasteiger partial charge < -0.3 is 5.32 Å². The molecule has 0 saturated carbocycles. The Kier molecular flexibility index (Phi) is 7.80. The summed E-state index contributed by atoms with van der Waals surface area (Å²) < 4.78 is 23.7. The Labute approximate surface area is 175 Å². The number of hydrogen-bond acceptors (Lipinski definition) is 3. The van der Waals surface area contributed by atoms with Gasteiger partial charge in [-0.1, -0.05) is 51.5 Å². The first kappa shape index (κ1) is 22.6. The van der Waals surface area contributed by atoms with Gasteiger partial charge in [0, 0.05) is 4.47 Å². The molecule has 0 aliphatic carbocycles. The van der Waals surface area contributed by atoms with E-state index in [0.717, 1.165) is 24.8 Å². The third-order valence-corrected chi connectivity index (χ3v) is 6.22. The zero-order chi connectivity index (χ0) is 20.9. The number of aryl methyl sites for hydroxylation is 1. The summed E-state index contributed by atoms with van der Waals surface area (Å²) in [5.74, 6) is -0.197. The van der Waals surface area contributed by atoms with E-state index in [4.69, 9.17) is 5.14 Å². The lowest BCUT2D eigenvalue weighted by Crippen LogP contribution is -2.32. The van der Waals surface area contributed by atoms with Crippen molar-refractivity contribution in [3.8, 4) is 0 Å². The Morgan fingerprint density at radius 2 is 1.79 bits per heavy atom. The predicted octanol–water partition coefficient (Wildman–Crippen LogP) is 4.57. The fourth-order valence-electron chi connectivity index (χ4n) is 2.98. The Morgan fingerprint density at radius 1 is 1.14 bits per heavy atom. The quantitative estimate of drug-likeness (QED) is 0.596. The van der Waals surface area contributed by atoms with Gasteiger partial charge >= 0.3 is 0 Å². The van der Waals surface area contributed by atoms with Crippen LogP contribution in [-0.4, -0.2) is 14.3 Å². The van der Waals surface area contributed by atoms with Crippen molar-refractivity contribution in [1.29, 1.82) is 0 Å². The second-order valence-corrected chi connectivity index (χ2v) is 9.64. The number of hydrogen-bond donors (Lipinski definition) is 2. The minimum Gasteiger partial charge on any atom is -0.345 e. The fraction of sp³-hybridized carbons (Fsp3) is 0.381. The average Bonchev–Trinajstić information content (AvgIpc) is 2.64. The number of rotatable bonds is 8. The molecule has 0 bridgehead atoms. The first-order valence-corrected chi connectivity index (χ1v) is 11.7. The lowest BCUT2D eigenvalue weighted by Gasteiger charge is -2.23. The van der Waals surface area contributed by atoms with Crippen LogP contribution in [0.2, 0.25) is 0 Å². The molecule has 1 unspecified atom stereocenters. The maximum Gasteiger partial charge on any atom is 0.252 e. The second-order valence-electron chi connectivity index (χ2n) is 7.23. The molecule has 2 aromatic carbocycles. The highest BCUT2D eigenvalue weighted by Gasteiger charge is 2.22. The number of nitrogens with one attached hydrogen (secondary N) is 1. The van der Waals surface area contributed by atoms with Gasteiger partial charge in [0.1, 0.15) is 0 Å². The molecule has 0 saturated heterocycles. The SMILES string of the molecule is CCCCc1ccc(C(NC(=O)c2cc(S(N)(=O)=O)ccc2Br)C(C)C)cc1. The zero-order valence-corrected chi connectivity index (χ0v) is 18.8. The molecule has 152 valence electrons. The van der Waals surface area contributed by atoms with Crippen molar-refractivity contribution < 1.29 is 13.2 Å². The van der Waals surface area contributed by atoms with E-state index in [9.17, 15) is 13.2 Å². The topological polar surface area (TPSA) is 89.3 Å². The van der Waals surface area contributed by atoms with Gasteiger partial charge in [-0.25, -0.2) is 13.6 Å². The summed E-state index contributed by atoms with van der Waals surface area (Å²) in [6, 6.07) is 12.3. The van der Waals surface area contributed by atoms with E-state index in [1.54, 1.807) is 0 Å². The maximum absolute atomic E-state index is 12.9. The number of unbranched alkanes of at least 4 members (excludes halogenated alkanes) is 1. The number of carbonyl (C=O) groups excluding carboxylic acids is 1. The van der Waals surface area contributed by atoms with Crippen LogP contribution in [0.15, 0.2) is 51.8 Å². The van der Waals surface area contributed by atoms with Crippen molar-refractivity contribution in [2.45, 2.75) is 51.0 Å². The molecule has 3 N–H and O–H groups in total. The third kappa shape index (κ3) is 5.90. The van der Waals surface area contributed by atoms with Gasteiger partial charge in [0.2, 0.25) is 10.0 Å². The van der Waals surface area contributed by atoms with Crippen molar-refractivity contribution in [2.75, 3.05) is 0 Å². The van der Waals surface area contributed by atoms with Crippen LogP contribution in [0.25, 0.3) is 0 Å². The fourth-order valence-corrected chi connectivity index (χ4v) is 3.95. The van der Waals surface area contributed by atoms with Gasteiger partial charge in [-0.3, -0.25) is 4.79 Å². The highest BCUT2D eigenvalue weighted by Crippen LogP contribution is 2.25. The van der Waals surface area contributed by atoms with Crippen molar-refractivity contribution in [2.24, 2.45) is 11.1 Å². The van der Waals surface area contributed by atoms with Crippen LogP contribution in [-0.2, 0) is 16.4 Å². The predicted molar refractivity (Wildman–Crippen MR) is 116 cm³/mol. The van der Waals surface area contributed by atoms with E-state index >= 15 is 0 Å². The van der Waals surface area contributed by atoms with Gasteiger partial charge in [0.15, 0.2) is 0 Å². The van der Waals surface area contributed by atoms with E-state index in [2.05, 4.69) is 40.3 Å². The summed E-state index contributed by atoms with van der Waals surface area (Å²) in [6.07, 6.45) is 3.35. The van der Waals surface area contributed by atoms with Gasteiger partial charge in [-0.05, 0) is 64.0 Å². The number of nitrogens with two attached hydrogens (primary N) is 1. The highest BCUT2D eigenvalue weighted by atomic mass is 79.9. The van der Waals surface area contributed by atoms with Gasteiger partial charge in [-0.2, -0.15) is 0 Å². The van der Waals surface area contributed by atoms with Crippen LogP contribution in [0.4, 0.5) is 0 Å². The smallest absolute Gasteiger partial charge is 0.252 e. The van der Waals surface area contributed by atoms with Crippen LogP contribution in [0, 0.1) is 5.92 Å². The highest BCUT2D eigenvalue weighted by molar-refractivity contribution is 9.10. The van der Waals surface area contributed by atoms with E-state index in [1.807, 2.05) is 26.0 Å². The largest absolute Gasteiger partial charge is 0.345 e. The van der Waals surface area contributed by atoms with Gasteiger partial charge in [0.05, 0.1) is 16.5 Å². The minimum absolute atomic E-state index is 0.0952. The number of carbonyl (C=O) groups is 1. The van der Waals surface area contributed by atoms with E-state index in [1.165, 1.54) is 23.8 Å². The second kappa shape index (κ2) is 9.67. The molecule has 0 aromatic heterocycles. The van der Waals surface area contributed by atoms with Crippen molar-refractivity contribution >= 4 is 31.9 Å². The van der Waals surface area contributed by atoms with Crippen molar-refractivity contribution in [3.05, 3.63) is 63.6 Å². The molecule has 1 amide bonds. The molecule has 5 nitrogen and oxygen atoms in total. The Bertz CT molecular complexity index is 925. The van der Waals surface area contributed by atoms with Gasteiger partial charge in [-0.15, -0.1) is 0 Å². The maximum atomic E-state index is 12.9. The third-order valence-electron chi connectivity index (χ3n) is 4.62. The Balaban J connectivity index is 2.26. The molecule has 0 fully saturated rings. The lowest BCUT2D eigenvalue weighted by molar-refractivity contribution is 0.0924. The summed E-state index contributed by atoms with van der Waals surface area (Å²) in [6.45, 7) is 6.24. The summed E-state index contributed by atoms with van der Waals surface area (Å²) >= 11 is 3.32. The number of benzene rings is 2. The molecule has 0 spiro atoms. The molecule has 2 aromatic rings. The monoisotopic (exact) mass is 466 g/mol. The molecule has 28 heavy (non-hydrogen) atoms. The normalized spacial score (nSPS) is 12.8. The summed E-state index contributed by atoms with van der Waals surface area (Å²) in [4.78, 5) is 12.8. The van der Waals surface area contributed by atoms with Crippen LogP contribution >= 0.6 is 15.9 Å². The molecular formula is C21H27BrN2O3S. The molecule has 1 atom stereocenters. The molecule has 2 rings (SSSR count). The number of sulfonamides is 1. The summed E-state index contributed by atoms with van der Waals surface area (Å²) in [5.41, 5.74) is 2.53. The van der Waals surface area contributed by atoms with E-state index in [-0.39, 0.29) is 28.3 Å². The average molecular weight is 467 g/mol. The minimum atomic E-state index is -3.89. The number of amides is 1. The Morgan fingerprint density at radius 3 is 2.32 bits per heavy atom. The number of halogens is 1. The summed E-state index contributed by atoms with van der Waals surface area (Å²) in [7, 11) is -3.89. The molecule has 0 aliphatic rings. The molecule has 7 heteroatoms. The molecule has 0 heterocycles. The van der Waals surface area contributed by atoms with Crippen LogP contribution < -0.4 is 10.5 Å².